The zero-order valence-electron chi connectivity index (χ0n) is 10.6. The molecule has 0 unspecified atom stereocenters. The van der Waals surface area contributed by atoms with Crippen molar-refractivity contribution >= 4 is 28.5 Å². The highest BCUT2D eigenvalue weighted by Gasteiger charge is 2.11. The highest BCUT2D eigenvalue weighted by molar-refractivity contribution is 5.95. The molecule has 0 aliphatic heterocycles. The molecule has 0 aliphatic carbocycles. The average molecular weight is 261 g/mol. The first-order chi connectivity index (χ1) is 9.10. The lowest BCUT2D eigenvalue weighted by molar-refractivity contribution is -0.116. The van der Waals surface area contributed by atoms with Gasteiger partial charge in [-0.1, -0.05) is 13.3 Å². The molecule has 2 N–H and O–H groups in total. The third-order valence-corrected chi connectivity index (χ3v) is 2.77. The number of amides is 1. The smallest absolute Gasteiger partial charge is 0.371 e. The Labute approximate surface area is 110 Å². The molecule has 0 radical (unpaired) electrons. The number of unbranched alkanes of at least 4 members (excludes halogenated alkanes) is 1. The van der Waals surface area contributed by atoms with Crippen molar-refractivity contribution in [3.63, 3.8) is 0 Å². The quantitative estimate of drug-likeness (QED) is 0.865. The highest BCUT2D eigenvalue weighted by Crippen LogP contribution is 2.23. The normalized spacial score (nSPS) is 10.6. The maximum atomic E-state index is 11.6. The van der Waals surface area contributed by atoms with Gasteiger partial charge in [0.15, 0.2) is 0 Å². The minimum Gasteiger partial charge on any atom is -0.475 e. The molecule has 5 nitrogen and oxygen atoms in total. The first kappa shape index (κ1) is 13.1. The van der Waals surface area contributed by atoms with Crippen LogP contribution in [0.4, 0.5) is 5.69 Å². The Balaban J connectivity index is 2.17. The number of aromatic carboxylic acids is 1. The summed E-state index contributed by atoms with van der Waals surface area (Å²) in [4.78, 5) is 22.4. The minimum atomic E-state index is -1.11. The molecule has 0 saturated carbocycles. The van der Waals surface area contributed by atoms with Gasteiger partial charge in [0.05, 0.1) is 0 Å². The number of carbonyl (C=O) groups is 2. The molecule has 1 heterocycles. The summed E-state index contributed by atoms with van der Waals surface area (Å²) in [6.45, 7) is 2.03. The summed E-state index contributed by atoms with van der Waals surface area (Å²) in [6.07, 6.45) is 2.30. The Hall–Kier alpha value is -2.30. The molecular weight excluding hydrogens is 246 g/mol. The molecule has 0 saturated heterocycles. The number of furan rings is 1. The van der Waals surface area contributed by atoms with Crippen LogP contribution in [-0.4, -0.2) is 17.0 Å². The summed E-state index contributed by atoms with van der Waals surface area (Å²) < 4.78 is 5.14. The number of hydrogen-bond acceptors (Lipinski definition) is 3. The van der Waals surface area contributed by atoms with Crippen LogP contribution in [0.2, 0.25) is 0 Å². The third-order valence-electron chi connectivity index (χ3n) is 2.77. The SMILES string of the molecule is CCCCC(=O)Nc1ccc2oc(C(=O)O)cc2c1. The van der Waals surface area contributed by atoms with Crippen LogP contribution in [0.15, 0.2) is 28.7 Å². The molecule has 0 aliphatic rings. The van der Waals surface area contributed by atoms with Crippen LogP contribution in [-0.2, 0) is 4.79 Å². The van der Waals surface area contributed by atoms with E-state index in [9.17, 15) is 9.59 Å². The fourth-order valence-corrected chi connectivity index (χ4v) is 1.79. The lowest BCUT2D eigenvalue weighted by Crippen LogP contribution is -2.10. The van der Waals surface area contributed by atoms with Gasteiger partial charge in [-0.15, -0.1) is 0 Å². The molecule has 1 amide bonds. The number of carboxylic acids is 1. The summed E-state index contributed by atoms with van der Waals surface area (Å²) in [5.74, 6) is -1.25. The molecule has 100 valence electrons. The summed E-state index contributed by atoms with van der Waals surface area (Å²) >= 11 is 0. The lowest BCUT2D eigenvalue weighted by atomic mass is 10.2. The molecule has 1 aromatic heterocycles. The van der Waals surface area contributed by atoms with E-state index in [4.69, 9.17) is 9.52 Å². The average Bonchev–Trinajstić information content (AvgIpc) is 2.79. The van der Waals surface area contributed by atoms with Crippen LogP contribution in [0.3, 0.4) is 0 Å². The van der Waals surface area contributed by atoms with Crippen molar-refractivity contribution in [2.24, 2.45) is 0 Å². The largest absolute Gasteiger partial charge is 0.475 e. The van der Waals surface area contributed by atoms with E-state index in [1.807, 2.05) is 6.92 Å². The van der Waals surface area contributed by atoms with Gasteiger partial charge in [-0.25, -0.2) is 4.79 Å². The van der Waals surface area contributed by atoms with Gasteiger partial charge >= 0.3 is 5.97 Å². The second-order valence-electron chi connectivity index (χ2n) is 4.32. The number of rotatable bonds is 5. The second-order valence-corrected chi connectivity index (χ2v) is 4.32. The van der Waals surface area contributed by atoms with Gasteiger partial charge in [0.1, 0.15) is 5.58 Å². The van der Waals surface area contributed by atoms with Gasteiger partial charge in [0, 0.05) is 17.5 Å². The summed E-state index contributed by atoms with van der Waals surface area (Å²) in [5.41, 5.74) is 1.13. The van der Waals surface area contributed by atoms with Gasteiger partial charge in [0.25, 0.3) is 0 Å². The van der Waals surface area contributed by atoms with E-state index in [0.717, 1.165) is 12.8 Å². The third kappa shape index (κ3) is 3.13. The Morgan fingerprint density at radius 2 is 2.11 bits per heavy atom. The van der Waals surface area contributed by atoms with Gasteiger partial charge in [-0.2, -0.15) is 0 Å². The fraction of sp³-hybridized carbons (Fsp3) is 0.286. The lowest BCUT2D eigenvalue weighted by Gasteiger charge is -2.04. The van der Waals surface area contributed by atoms with Gasteiger partial charge in [0.2, 0.25) is 11.7 Å². The van der Waals surface area contributed by atoms with E-state index in [1.54, 1.807) is 18.2 Å². The molecule has 0 atom stereocenters. The number of carboxylic acid groups (broad SMARTS) is 1. The number of carbonyl (C=O) groups excluding carboxylic acids is 1. The monoisotopic (exact) mass is 261 g/mol. The van der Waals surface area contributed by atoms with Gasteiger partial charge in [-0.05, 0) is 30.7 Å². The Bertz CT molecular complexity index is 615. The first-order valence-corrected chi connectivity index (χ1v) is 6.17. The van der Waals surface area contributed by atoms with E-state index in [0.29, 0.717) is 23.1 Å². The predicted molar refractivity (Wildman–Crippen MR) is 71.3 cm³/mol. The van der Waals surface area contributed by atoms with E-state index < -0.39 is 5.97 Å². The van der Waals surface area contributed by atoms with E-state index >= 15 is 0 Å². The van der Waals surface area contributed by atoms with Crippen LogP contribution in [0.25, 0.3) is 11.0 Å². The molecule has 2 rings (SSSR count). The van der Waals surface area contributed by atoms with Crippen molar-refractivity contribution in [3.05, 3.63) is 30.0 Å². The Morgan fingerprint density at radius 1 is 1.32 bits per heavy atom. The Kier molecular flexibility index (Phi) is 3.85. The van der Waals surface area contributed by atoms with E-state index in [-0.39, 0.29) is 11.7 Å². The van der Waals surface area contributed by atoms with Gasteiger partial charge in [-0.3, -0.25) is 4.79 Å². The number of fused-ring (bicyclic) bond motifs is 1. The topological polar surface area (TPSA) is 79.5 Å². The number of anilines is 1. The molecule has 2 aromatic rings. The predicted octanol–water partition coefficient (Wildman–Crippen LogP) is 3.26. The van der Waals surface area contributed by atoms with E-state index in [1.165, 1.54) is 6.07 Å². The van der Waals surface area contributed by atoms with Crippen molar-refractivity contribution in [1.82, 2.24) is 0 Å². The van der Waals surface area contributed by atoms with E-state index in [2.05, 4.69) is 5.32 Å². The van der Waals surface area contributed by atoms with Gasteiger partial charge < -0.3 is 14.8 Å². The van der Waals surface area contributed by atoms with Crippen LogP contribution in [0, 0.1) is 0 Å². The van der Waals surface area contributed by atoms with Crippen LogP contribution < -0.4 is 5.32 Å². The standard InChI is InChI=1S/C14H15NO4/c1-2-3-4-13(16)15-10-5-6-11-9(7-10)8-12(19-11)14(17)18/h5-8H,2-4H2,1H3,(H,15,16)(H,17,18). The van der Waals surface area contributed by atoms with Crippen molar-refractivity contribution in [2.75, 3.05) is 5.32 Å². The summed E-state index contributed by atoms with van der Waals surface area (Å²) in [6, 6.07) is 6.49. The molecule has 0 bridgehead atoms. The number of benzene rings is 1. The van der Waals surface area contributed by atoms with Crippen molar-refractivity contribution in [3.8, 4) is 0 Å². The fourth-order valence-electron chi connectivity index (χ4n) is 1.79. The second kappa shape index (κ2) is 5.56. The molecule has 0 spiro atoms. The van der Waals surface area contributed by atoms with Crippen molar-refractivity contribution in [2.45, 2.75) is 26.2 Å². The number of nitrogens with one attached hydrogen (secondary N) is 1. The summed E-state index contributed by atoms with van der Waals surface area (Å²) in [7, 11) is 0. The van der Waals surface area contributed by atoms with Crippen LogP contribution in [0.5, 0.6) is 0 Å². The van der Waals surface area contributed by atoms with Crippen LogP contribution in [0.1, 0.15) is 36.7 Å². The first-order valence-electron chi connectivity index (χ1n) is 6.17. The minimum absolute atomic E-state index is 0.0387. The Morgan fingerprint density at radius 3 is 2.79 bits per heavy atom. The summed E-state index contributed by atoms with van der Waals surface area (Å²) in [5, 5.41) is 12.3. The zero-order valence-corrected chi connectivity index (χ0v) is 10.6. The molecule has 0 fully saturated rings. The molecule has 19 heavy (non-hydrogen) atoms. The van der Waals surface area contributed by atoms with Crippen molar-refractivity contribution in [1.29, 1.82) is 0 Å². The maximum absolute atomic E-state index is 11.6. The number of hydrogen-bond donors (Lipinski definition) is 2. The zero-order chi connectivity index (χ0) is 13.8. The maximum Gasteiger partial charge on any atom is 0.371 e. The molecular formula is C14H15NO4. The molecule has 5 heteroatoms. The molecule has 1 aromatic carbocycles. The highest BCUT2D eigenvalue weighted by atomic mass is 16.4. The van der Waals surface area contributed by atoms with Crippen LogP contribution >= 0.6 is 0 Å². The van der Waals surface area contributed by atoms with Crippen molar-refractivity contribution < 1.29 is 19.1 Å².